The molecule has 0 atom stereocenters. The first kappa shape index (κ1) is 12.1. The Hall–Kier alpha value is -2.41. The van der Waals surface area contributed by atoms with E-state index in [9.17, 15) is 4.79 Å². The van der Waals surface area contributed by atoms with Gasteiger partial charge >= 0.3 is 0 Å². The minimum atomic E-state index is -0.288. The molecule has 1 heterocycles. The van der Waals surface area contributed by atoms with E-state index in [1.54, 1.807) is 6.92 Å². The molecule has 1 aromatic carbocycles. The Morgan fingerprint density at radius 2 is 1.94 bits per heavy atom. The largest absolute Gasteiger partial charge is 0.272 e. The summed E-state index contributed by atoms with van der Waals surface area (Å²) >= 11 is 0. The highest BCUT2D eigenvalue weighted by Crippen LogP contribution is 2.13. The molecule has 4 nitrogen and oxygen atoms in total. The molecule has 0 bridgehead atoms. The lowest BCUT2D eigenvalue weighted by Gasteiger charge is -2.09. The summed E-state index contributed by atoms with van der Waals surface area (Å²) in [6.45, 7) is 5.65. The SMILES string of the molecule is Cc1ccc(-n2nc(C)c(C#N)cc2=O)c(C)c1. The Balaban J connectivity index is 2.69. The summed E-state index contributed by atoms with van der Waals surface area (Å²) in [6.07, 6.45) is 0. The highest BCUT2D eigenvalue weighted by molar-refractivity contribution is 5.42. The Bertz CT molecular complexity index is 708. The van der Waals surface area contributed by atoms with Gasteiger partial charge in [0.05, 0.1) is 16.9 Å². The Kier molecular flexibility index (Phi) is 2.99. The van der Waals surface area contributed by atoms with Crippen molar-refractivity contribution in [3.63, 3.8) is 0 Å². The molecule has 90 valence electrons. The first-order valence-electron chi connectivity index (χ1n) is 5.61. The monoisotopic (exact) mass is 239 g/mol. The maximum Gasteiger partial charge on any atom is 0.272 e. The number of benzene rings is 1. The van der Waals surface area contributed by atoms with Crippen molar-refractivity contribution in [3.05, 3.63) is 57.0 Å². The van der Waals surface area contributed by atoms with Gasteiger partial charge in [-0.1, -0.05) is 17.7 Å². The van der Waals surface area contributed by atoms with E-state index in [0.717, 1.165) is 16.8 Å². The second kappa shape index (κ2) is 4.46. The molecule has 0 N–H and O–H groups in total. The van der Waals surface area contributed by atoms with Crippen LogP contribution in [0.25, 0.3) is 5.69 Å². The summed E-state index contributed by atoms with van der Waals surface area (Å²) in [5, 5.41) is 13.0. The third-order valence-electron chi connectivity index (χ3n) is 2.82. The van der Waals surface area contributed by atoms with Crippen LogP contribution in [0.15, 0.2) is 29.1 Å². The molecular formula is C14H13N3O. The fraction of sp³-hybridized carbons (Fsp3) is 0.214. The average Bonchev–Trinajstić information content (AvgIpc) is 2.32. The molecule has 2 aromatic rings. The van der Waals surface area contributed by atoms with Crippen molar-refractivity contribution in [2.45, 2.75) is 20.8 Å². The second-order valence-corrected chi connectivity index (χ2v) is 4.30. The minimum Gasteiger partial charge on any atom is -0.267 e. The van der Waals surface area contributed by atoms with E-state index < -0.39 is 0 Å². The quantitative estimate of drug-likeness (QED) is 0.765. The molecule has 0 unspecified atom stereocenters. The van der Waals surface area contributed by atoms with Gasteiger partial charge in [0.15, 0.2) is 0 Å². The third-order valence-corrected chi connectivity index (χ3v) is 2.82. The van der Waals surface area contributed by atoms with E-state index in [4.69, 9.17) is 5.26 Å². The van der Waals surface area contributed by atoms with Crippen LogP contribution < -0.4 is 5.56 Å². The molecule has 0 aliphatic heterocycles. The minimum absolute atomic E-state index is 0.288. The van der Waals surface area contributed by atoms with Gasteiger partial charge in [-0.05, 0) is 32.4 Å². The average molecular weight is 239 g/mol. The van der Waals surface area contributed by atoms with E-state index in [0.29, 0.717) is 11.3 Å². The van der Waals surface area contributed by atoms with Crippen molar-refractivity contribution < 1.29 is 0 Å². The molecule has 0 radical (unpaired) electrons. The maximum absolute atomic E-state index is 11.9. The van der Waals surface area contributed by atoms with E-state index in [1.165, 1.54) is 10.7 Å². The van der Waals surface area contributed by atoms with Crippen LogP contribution in [0.3, 0.4) is 0 Å². The Labute approximate surface area is 105 Å². The van der Waals surface area contributed by atoms with Crippen molar-refractivity contribution in [2.24, 2.45) is 0 Å². The summed E-state index contributed by atoms with van der Waals surface area (Å²) in [7, 11) is 0. The van der Waals surface area contributed by atoms with Crippen molar-refractivity contribution >= 4 is 0 Å². The lowest BCUT2D eigenvalue weighted by Crippen LogP contribution is -2.22. The summed E-state index contributed by atoms with van der Waals surface area (Å²) in [5.41, 5.74) is 3.45. The van der Waals surface area contributed by atoms with Crippen LogP contribution in [-0.4, -0.2) is 9.78 Å². The van der Waals surface area contributed by atoms with Gasteiger partial charge in [0.25, 0.3) is 5.56 Å². The zero-order chi connectivity index (χ0) is 13.3. The van der Waals surface area contributed by atoms with Gasteiger partial charge in [0, 0.05) is 6.07 Å². The standard InChI is InChI=1S/C14H13N3O/c1-9-4-5-13(10(2)6-9)17-14(18)7-12(8-15)11(3)16-17/h4-7H,1-3H3. The summed E-state index contributed by atoms with van der Waals surface area (Å²) < 4.78 is 1.34. The molecule has 4 heteroatoms. The molecule has 0 aliphatic rings. The van der Waals surface area contributed by atoms with Crippen molar-refractivity contribution in [1.82, 2.24) is 9.78 Å². The van der Waals surface area contributed by atoms with Crippen LogP contribution in [0.1, 0.15) is 22.4 Å². The summed E-state index contributed by atoms with van der Waals surface area (Å²) in [5.74, 6) is 0. The number of nitriles is 1. The second-order valence-electron chi connectivity index (χ2n) is 4.30. The van der Waals surface area contributed by atoms with Crippen LogP contribution in [-0.2, 0) is 0 Å². The highest BCUT2D eigenvalue weighted by atomic mass is 16.1. The fourth-order valence-corrected chi connectivity index (χ4v) is 1.87. The normalized spacial score (nSPS) is 10.1. The lowest BCUT2D eigenvalue weighted by atomic mass is 10.1. The number of aryl methyl sites for hydroxylation is 3. The van der Waals surface area contributed by atoms with Gasteiger partial charge in [-0.15, -0.1) is 0 Å². The van der Waals surface area contributed by atoms with Gasteiger partial charge in [0.1, 0.15) is 6.07 Å². The molecule has 18 heavy (non-hydrogen) atoms. The van der Waals surface area contributed by atoms with E-state index in [1.807, 2.05) is 38.1 Å². The molecule has 0 spiro atoms. The van der Waals surface area contributed by atoms with Crippen LogP contribution >= 0.6 is 0 Å². The number of hydrogen-bond donors (Lipinski definition) is 0. The molecule has 0 aliphatic carbocycles. The summed E-state index contributed by atoms with van der Waals surface area (Å²) in [4.78, 5) is 11.9. The van der Waals surface area contributed by atoms with Crippen LogP contribution in [0, 0.1) is 32.1 Å². The van der Waals surface area contributed by atoms with Crippen LogP contribution in [0.4, 0.5) is 0 Å². The zero-order valence-electron chi connectivity index (χ0n) is 10.6. The first-order valence-corrected chi connectivity index (χ1v) is 5.61. The van der Waals surface area contributed by atoms with Crippen molar-refractivity contribution in [1.29, 1.82) is 5.26 Å². The molecule has 0 fully saturated rings. The van der Waals surface area contributed by atoms with Gasteiger partial charge in [-0.3, -0.25) is 4.79 Å². The number of rotatable bonds is 1. The third kappa shape index (κ3) is 2.03. The molecular weight excluding hydrogens is 226 g/mol. The predicted octanol–water partition coefficient (Wildman–Crippen LogP) is 2.03. The van der Waals surface area contributed by atoms with Gasteiger partial charge in [0.2, 0.25) is 0 Å². The molecule has 0 amide bonds. The van der Waals surface area contributed by atoms with Crippen LogP contribution in [0.2, 0.25) is 0 Å². The molecule has 2 rings (SSSR count). The topological polar surface area (TPSA) is 58.7 Å². The van der Waals surface area contributed by atoms with Crippen LogP contribution in [0.5, 0.6) is 0 Å². The summed E-state index contributed by atoms with van der Waals surface area (Å²) in [6, 6.07) is 9.08. The van der Waals surface area contributed by atoms with Gasteiger partial charge in [-0.2, -0.15) is 15.0 Å². The Morgan fingerprint density at radius 1 is 1.22 bits per heavy atom. The highest BCUT2D eigenvalue weighted by Gasteiger charge is 2.08. The van der Waals surface area contributed by atoms with Gasteiger partial charge in [-0.25, -0.2) is 0 Å². The fourth-order valence-electron chi connectivity index (χ4n) is 1.87. The maximum atomic E-state index is 11.9. The van der Waals surface area contributed by atoms with Crippen molar-refractivity contribution in [2.75, 3.05) is 0 Å². The molecule has 0 saturated carbocycles. The number of nitrogens with zero attached hydrogens (tertiary/aromatic N) is 3. The number of aromatic nitrogens is 2. The Morgan fingerprint density at radius 3 is 2.56 bits per heavy atom. The van der Waals surface area contributed by atoms with E-state index in [2.05, 4.69) is 5.10 Å². The van der Waals surface area contributed by atoms with Crippen molar-refractivity contribution in [3.8, 4) is 11.8 Å². The van der Waals surface area contributed by atoms with Gasteiger partial charge < -0.3 is 0 Å². The molecule has 0 saturated heterocycles. The van der Waals surface area contributed by atoms with E-state index >= 15 is 0 Å². The zero-order valence-corrected chi connectivity index (χ0v) is 10.6. The van der Waals surface area contributed by atoms with E-state index in [-0.39, 0.29) is 5.56 Å². The molecule has 1 aromatic heterocycles. The number of hydrogen-bond acceptors (Lipinski definition) is 3. The lowest BCUT2D eigenvalue weighted by molar-refractivity contribution is 0.777. The first-order chi connectivity index (χ1) is 8.52. The smallest absolute Gasteiger partial charge is 0.267 e. The predicted molar refractivity (Wildman–Crippen MR) is 68.8 cm³/mol.